The first-order valence-electron chi connectivity index (χ1n) is 10.1. The monoisotopic (exact) mass is 423 g/mol. The van der Waals surface area contributed by atoms with Crippen LogP contribution in [0.1, 0.15) is 18.5 Å². The summed E-state index contributed by atoms with van der Waals surface area (Å²) >= 11 is 0. The number of nitrogens with zero attached hydrogens (tertiary/aromatic N) is 6. The fraction of sp³-hybridized carbons (Fsp3) is 0.0870. The van der Waals surface area contributed by atoms with E-state index in [1.54, 1.807) is 18.7 Å². The molecule has 5 aromatic rings. The smallest absolute Gasteiger partial charge is 0.237 e. The quantitative estimate of drug-likeness (QED) is 0.279. The Hall–Kier alpha value is -4.37. The number of benzene rings is 2. The number of rotatable bonds is 6. The Balaban J connectivity index is 1.44. The summed E-state index contributed by atoms with van der Waals surface area (Å²) in [5, 5.41) is 3.36. The van der Waals surface area contributed by atoms with Crippen LogP contribution in [0.15, 0.2) is 79.4 Å². The van der Waals surface area contributed by atoms with Gasteiger partial charge in [-0.25, -0.2) is 25.8 Å². The van der Waals surface area contributed by atoms with Gasteiger partial charge in [0.05, 0.1) is 22.8 Å². The van der Waals surface area contributed by atoms with Gasteiger partial charge < -0.3 is 5.32 Å². The summed E-state index contributed by atoms with van der Waals surface area (Å²) in [7, 11) is 0. The topological polar surface area (TPSA) is 119 Å². The standard InChI is InChI=1S/C23H21N9/c1-15(16-5-3-2-4-6-16)28-22-25-12-10-21(30-22)32-14-27-19-13-17(7-8-20(19)32)18-9-11-26-23(29-18)31-24/h2-15H,24H2,1H3,(H,25,28,30)(H,26,29,31)/t15-/m0/s1. The highest BCUT2D eigenvalue weighted by molar-refractivity contribution is 5.82. The molecule has 0 amide bonds. The first kappa shape index (κ1) is 19.6. The molecule has 0 aliphatic carbocycles. The van der Waals surface area contributed by atoms with Crippen molar-refractivity contribution in [3.63, 3.8) is 0 Å². The third kappa shape index (κ3) is 3.84. The van der Waals surface area contributed by atoms with Gasteiger partial charge in [0.2, 0.25) is 11.9 Å². The lowest BCUT2D eigenvalue weighted by Gasteiger charge is -2.14. The van der Waals surface area contributed by atoms with Crippen LogP contribution >= 0.6 is 0 Å². The molecule has 0 aliphatic heterocycles. The van der Waals surface area contributed by atoms with E-state index in [9.17, 15) is 0 Å². The van der Waals surface area contributed by atoms with Gasteiger partial charge in [-0.15, -0.1) is 0 Å². The average molecular weight is 423 g/mol. The molecule has 3 heterocycles. The van der Waals surface area contributed by atoms with Gasteiger partial charge in [0.25, 0.3) is 0 Å². The van der Waals surface area contributed by atoms with Crippen LogP contribution in [0.3, 0.4) is 0 Å². The highest BCUT2D eigenvalue weighted by Crippen LogP contribution is 2.25. The molecule has 5 rings (SSSR count). The highest BCUT2D eigenvalue weighted by Gasteiger charge is 2.11. The third-order valence-corrected chi connectivity index (χ3v) is 5.16. The van der Waals surface area contributed by atoms with Crippen molar-refractivity contribution in [3.8, 4) is 17.1 Å². The first-order chi connectivity index (χ1) is 15.7. The SMILES string of the molecule is C[C@H](Nc1nccc(-n2cnc3cc(-c4ccnc(NN)n4)ccc32)n1)c1ccccc1. The molecular weight excluding hydrogens is 402 g/mol. The second-order valence-corrected chi connectivity index (χ2v) is 7.24. The zero-order chi connectivity index (χ0) is 21.9. The van der Waals surface area contributed by atoms with Crippen LogP contribution in [0.5, 0.6) is 0 Å². The molecule has 9 heteroatoms. The fourth-order valence-corrected chi connectivity index (χ4v) is 3.52. The normalized spacial score (nSPS) is 11.9. The zero-order valence-corrected chi connectivity index (χ0v) is 17.3. The molecule has 0 spiro atoms. The van der Waals surface area contributed by atoms with Crippen molar-refractivity contribution < 1.29 is 0 Å². The van der Waals surface area contributed by atoms with Gasteiger partial charge in [0.15, 0.2) is 0 Å². The first-order valence-corrected chi connectivity index (χ1v) is 10.1. The Morgan fingerprint density at radius 2 is 1.69 bits per heavy atom. The summed E-state index contributed by atoms with van der Waals surface area (Å²) in [6.07, 6.45) is 5.16. The van der Waals surface area contributed by atoms with Crippen molar-refractivity contribution in [1.82, 2.24) is 29.5 Å². The lowest BCUT2D eigenvalue weighted by molar-refractivity contribution is 0.854. The second kappa shape index (κ2) is 8.40. The largest absolute Gasteiger partial charge is 0.348 e. The highest BCUT2D eigenvalue weighted by atomic mass is 15.3. The van der Waals surface area contributed by atoms with Crippen LogP contribution in [-0.2, 0) is 0 Å². The van der Waals surface area contributed by atoms with E-state index < -0.39 is 0 Å². The molecule has 2 aromatic carbocycles. The molecule has 0 aliphatic rings. The zero-order valence-electron chi connectivity index (χ0n) is 17.3. The maximum Gasteiger partial charge on any atom is 0.237 e. The molecule has 158 valence electrons. The summed E-state index contributed by atoms with van der Waals surface area (Å²) in [6, 6.07) is 19.9. The predicted octanol–water partition coefficient (Wildman–Crippen LogP) is 3.73. The molecule has 3 aromatic heterocycles. The maximum atomic E-state index is 5.42. The molecule has 0 saturated heterocycles. The van der Waals surface area contributed by atoms with Gasteiger partial charge in [-0.05, 0) is 36.8 Å². The van der Waals surface area contributed by atoms with Gasteiger partial charge >= 0.3 is 0 Å². The van der Waals surface area contributed by atoms with Crippen LogP contribution in [0.4, 0.5) is 11.9 Å². The van der Waals surface area contributed by atoms with E-state index in [0.717, 1.165) is 28.1 Å². The van der Waals surface area contributed by atoms with Crippen LogP contribution in [0, 0.1) is 0 Å². The Labute approximate surface area is 184 Å². The predicted molar refractivity (Wildman–Crippen MR) is 124 cm³/mol. The van der Waals surface area contributed by atoms with E-state index in [0.29, 0.717) is 11.9 Å². The lowest BCUT2D eigenvalue weighted by Crippen LogP contribution is -2.10. The Morgan fingerprint density at radius 1 is 0.875 bits per heavy atom. The van der Waals surface area contributed by atoms with Crippen LogP contribution in [-0.4, -0.2) is 29.5 Å². The Kier molecular flexibility index (Phi) is 5.14. The summed E-state index contributed by atoms with van der Waals surface area (Å²) < 4.78 is 1.94. The van der Waals surface area contributed by atoms with E-state index >= 15 is 0 Å². The molecule has 0 saturated carbocycles. The summed E-state index contributed by atoms with van der Waals surface area (Å²) in [5.41, 5.74) is 7.07. The number of imidazole rings is 1. The van der Waals surface area contributed by atoms with Gasteiger partial charge in [0.1, 0.15) is 12.1 Å². The van der Waals surface area contributed by atoms with Crippen molar-refractivity contribution in [2.45, 2.75) is 13.0 Å². The van der Waals surface area contributed by atoms with E-state index in [2.05, 4.69) is 49.7 Å². The van der Waals surface area contributed by atoms with Crippen molar-refractivity contribution in [2.75, 3.05) is 10.7 Å². The van der Waals surface area contributed by atoms with Gasteiger partial charge in [-0.1, -0.05) is 36.4 Å². The Morgan fingerprint density at radius 3 is 2.53 bits per heavy atom. The van der Waals surface area contributed by atoms with Crippen molar-refractivity contribution in [1.29, 1.82) is 0 Å². The lowest BCUT2D eigenvalue weighted by atomic mass is 10.1. The average Bonchev–Trinajstić information content (AvgIpc) is 3.28. The van der Waals surface area contributed by atoms with Crippen molar-refractivity contribution in [3.05, 3.63) is 84.9 Å². The number of nitrogen functional groups attached to an aromatic ring is 1. The van der Waals surface area contributed by atoms with E-state index in [1.807, 2.05) is 53.1 Å². The molecule has 1 atom stereocenters. The number of aromatic nitrogens is 6. The molecule has 0 unspecified atom stereocenters. The minimum atomic E-state index is 0.0781. The third-order valence-electron chi connectivity index (χ3n) is 5.16. The van der Waals surface area contributed by atoms with Crippen molar-refractivity contribution in [2.24, 2.45) is 5.84 Å². The summed E-state index contributed by atoms with van der Waals surface area (Å²) in [4.78, 5) is 22.1. The number of anilines is 2. The van der Waals surface area contributed by atoms with E-state index in [4.69, 9.17) is 10.8 Å². The van der Waals surface area contributed by atoms with Gasteiger partial charge in [-0.2, -0.15) is 4.98 Å². The van der Waals surface area contributed by atoms with Gasteiger partial charge in [0, 0.05) is 18.0 Å². The van der Waals surface area contributed by atoms with Crippen LogP contribution in [0.25, 0.3) is 28.1 Å². The van der Waals surface area contributed by atoms with E-state index in [-0.39, 0.29) is 6.04 Å². The molecule has 9 nitrogen and oxygen atoms in total. The van der Waals surface area contributed by atoms with Crippen LogP contribution in [0.2, 0.25) is 0 Å². The number of hydrogen-bond acceptors (Lipinski definition) is 8. The van der Waals surface area contributed by atoms with Crippen molar-refractivity contribution >= 4 is 22.9 Å². The Bertz CT molecular complexity index is 1360. The van der Waals surface area contributed by atoms with Gasteiger partial charge in [-0.3, -0.25) is 9.99 Å². The molecule has 0 radical (unpaired) electrons. The fourth-order valence-electron chi connectivity index (χ4n) is 3.52. The van der Waals surface area contributed by atoms with Crippen LogP contribution < -0.4 is 16.6 Å². The number of hydrogen-bond donors (Lipinski definition) is 3. The number of fused-ring (bicyclic) bond motifs is 1. The second-order valence-electron chi connectivity index (χ2n) is 7.24. The molecule has 32 heavy (non-hydrogen) atoms. The number of hydrazine groups is 1. The maximum absolute atomic E-state index is 5.42. The summed E-state index contributed by atoms with van der Waals surface area (Å²) in [5.74, 6) is 7.07. The number of nitrogens with two attached hydrogens (primary N) is 1. The number of nitrogens with one attached hydrogen (secondary N) is 2. The minimum Gasteiger partial charge on any atom is -0.348 e. The summed E-state index contributed by atoms with van der Waals surface area (Å²) in [6.45, 7) is 2.08. The molecular formula is C23H21N9. The molecule has 4 N–H and O–H groups in total. The minimum absolute atomic E-state index is 0.0781. The molecule has 0 fully saturated rings. The van der Waals surface area contributed by atoms with E-state index in [1.165, 1.54) is 5.56 Å². The molecule has 0 bridgehead atoms.